The van der Waals surface area contributed by atoms with Crippen LogP contribution in [-0.4, -0.2) is 20.9 Å². The van der Waals surface area contributed by atoms with Gasteiger partial charge in [0.2, 0.25) is 0 Å². The van der Waals surface area contributed by atoms with E-state index >= 15 is 0 Å². The molecule has 1 aliphatic heterocycles. The minimum atomic E-state index is -0.200. The summed E-state index contributed by atoms with van der Waals surface area (Å²) in [6.07, 6.45) is 1.71. The Morgan fingerprint density at radius 3 is 2.78 bits per heavy atom. The maximum atomic E-state index is 13.5. The molecule has 0 radical (unpaired) electrons. The number of hydrogen-bond donors (Lipinski definition) is 0. The molecule has 0 saturated carbocycles. The normalized spacial score (nSPS) is 19.4. The number of thioether (sulfide) groups is 1. The fourth-order valence-corrected chi connectivity index (χ4v) is 5.37. The third-order valence-electron chi connectivity index (χ3n) is 5.27. The molecular formula is C21H24N2O2S2. The zero-order valence-corrected chi connectivity index (χ0v) is 17.6. The summed E-state index contributed by atoms with van der Waals surface area (Å²) in [5.41, 5.74) is 2.15. The van der Waals surface area contributed by atoms with Gasteiger partial charge in [-0.25, -0.2) is 4.98 Å². The van der Waals surface area contributed by atoms with E-state index in [1.807, 2.05) is 22.8 Å². The summed E-state index contributed by atoms with van der Waals surface area (Å²) in [5, 5.41) is 1.60. The highest BCUT2D eigenvalue weighted by Crippen LogP contribution is 2.38. The van der Waals surface area contributed by atoms with Crippen molar-refractivity contribution >= 4 is 33.3 Å². The van der Waals surface area contributed by atoms with Gasteiger partial charge < -0.3 is 4.74 Å². The number of benzene rings is 1. The van der Waals surface area contributed by atoms with E-state index in [0.717, 1.165) is 50.0 Å². The first-order valence-corrected chi connectivity index (χ1v) is 11.2. The largest absolute Gasteiger partial charge is 0.369 e. The highest BCUT2D eigenvalue weighted by molar-refractivity contribution is 7.99. The molecule has 27 heavy (non-hydrogen) atoms. The number of fused-ring (bicyclic) bond motifs is 3. The summed E-state index contributed by atoms with van der Waals surface area (Å²) in [6.45, 7) is 7.50. The number of nitrogens with zero attached hydrogens (tertiary/aromatic N) is 2. The molecule has 0 fully saturated rings. The fourth-order valence-electron chi connectivity index (χ4n) is 3.51. The monoisotopic (exact) mass is 400 g/mol. The van der Waals surface area contributed by atoms with Gasteiger partial charge in [0, 0.05) is 11.3 Å². The molecule has 1 aliphatic rings. The molecular weight excluding hydrogens is 376 g/mol. The van der Waals surface area contributed by atoms with Gasteiger partial charge in [-0.2, -0.15) is 0 Å². The topological polar surface area (TPSA) is 44.1 Å². The lowest BCUT2D eigenvalue weighted by molar-refractivity contribution is -0.0543. The van der Waals surface area contributed by atoms with Gasteiger partial charge in [0.25, 0.3) is 5.56 Å². The van der Waals surface area contributed by atoms with Crippen LogP contribution in [0.2, 0.25) is 0 Å². The molecule has 142 valence electrons. The highest BCUT2D eigenvalue weighted by Gasteiger charge is 2.33. The van der Waals surface area contributed by atoms with Crippen molar-refractivity contribution in [2.24, 2.45) is 0 Å². The van der Waals surface area contributed by atoms with Crippen molar-refractivity contribution in [3.8, 4) is 0 Å². The molecule has 0 bridgehead atoms. The van der Waals surface area contributed by atoms with Crippen LogP contribution in [0.3, 0.4) is 0 Å². The van der Waals surface area contributed by atoms with Crippen LogP contribution in [0.25, 0.3) is 10.2 Å². The lowest BCUT2D eigenvalue weighted by Crippen LogP contribution is -2.34. The molecule has 0 spiro atoms. The predicted molar refractivity (Wildman–Crippen MR) is 113 cm³/mol. The van der Waals surface area contributed by atoms with Crippen LogP contribution in [-0.2, 0) is 24.3 Å². The zero-order chi connectivity index (χ0) is 19.0. The average Bonchev–Trinajstić information content (AvgIpc) is 3.03. The molecule has 6 heteroatoms. The zero-order valence-electron chi connectivity index (χ0n) is 15.9. The molecule has 4 nitrogen and oxygen atoms in total. The molecule has 0 amide bonds. The van der Waals surface area contributed by atoms with Crippen molar-refractivity contribution in [3.05, 3.63) is 56.7 Å². The van der Waals surface area contributed by atoms with E-state index in [9.17, 15) is 4.79 Å². The molecule has 3 heterocycles. The first-order valence-electron chi connectivity index (χ1n) is 9.40. The Kier molecular flexibility index (Phi) is 5.14. The molecule has 4 rings (SSSR count). The molecule has 1 aromatic carbocycles. The van der Waals surface area contributed by atoms with Gasteiger partial charge in [0.15, 0.2) is 5.16 Å². The number of thiophene rings is 1. The number of ether oxygens (including phenoxy) is 1. The summed E-state index contributed by atoms with van der Waals surface area (Å²) in [4.78, 5) is 20.4. The minimum Gasteiger partial charge on any atom is -0.369 e. The second-order valence-corrected chi connectivity index (χ2v) is 9.47. The Morgan fingerprint density at radius 1 is 1.30 bits per heavy atom. The minimum absolute atomic E-state index is 0.0812. The lowest BCUT2D eigenvalue weighted by atomic mass is 9.90. The third-order valence-corrected chi connectivity index (χ3v) is 7.22. The Bertz CT molecular complexity index is 1030. The Hall–Kier alpha value is -1.63. The number of hydrogen-bond acceptors (Lipinski definition) is 5. The van der Waals surface area contributed by atoms with E-state index in [1.165, 1.54) is 0 Å². The van der Waals surface area contributed by atoms with Crippen molar-refractivity contribution in [2.45, 2.75) is 57.5 Å². The van der Waals surface area contributed by atoms with Gasteiger partial charge in [0.05, 0.1) is 24.1 Å². The summed E-state index contributed by atoms with van der Waals surface area (Å²) < 4.78 is 7.93. The van der Waals surface area contributed by atoms with Gasteiger partial charge in [-0.3, -0.25) is 9.36 Å². The summed E-state index contributed by atoms with van der Waals surface area (Å²) >= 11 is 3.25. The Labute approximate surface area is 167 Å². The molecule has 0 aliphatic carbocycles. The van der Waals surface area contributed by atoms with Crippen molar-refractivity contribution < 1.29 is 4.74 Å². The summed E-state index contributed by atoms with van der Waals surface area (Å²) in [7, 11) is 0. The van der Waals surface area contributed by atoms with Gasteiger partial charge in [0.1, 0.15) is 4.83 Å². The van der Waals surface area contributed by atoms with Gasteiger partial charge in [-0.1, -0.05) is 55.9 Å². The summed E-state index contributed by atoms with van der Waals surface area (Å²) in [6, 6.07) is 10.1. The molecule has 1 unspecified atom stereocenters. The van der Waals surface area contributed by atoms with Crippen LogP contribution in [0, 0.1) is 0 Å². The van der Waals surface area contributed by atoms with E-state index in [2.05, 4.69) is 32.9 Å². The highest BCUT2D eigenvalue weighted by atomic mass is 32.2. The van der Waals surface area contributed by atoms with Crippen LogP contribution in [0.5, 0.6) is 0 Å². The average molecular weight is 401 g/mol. The Balaban J connectivity index is 1.89. The number of rotatable bonds is 5. The standard InChI is InChI=1S/C21H24N2O2S2/c1-4-21(3)11-15-16(13-25-21)27-18-17(15)19(24)23(20(22-18)26-5-2)12-14-9-7-6-8-10-14/h6-10H,4-5,11-13H2,1-3H3. The van der Waals surface area contributed by atoms with Crippen LogP contribution in [0.1, 0.15) is 43.2 Å². The molecule has 1 atom stereocenters. The fraction of sp³-hybridized carbons (Fsp3) is 0.429. The predicted octanol–water partition coefficient (Wildman–Crippen LogP) is 4.86. The van der Waals surface area contributed by atoms with E-state index < -0.39 is 0 Å². The second-order valence-electron chi connectivity index (χ2n) is 7.16. The molecule has 0 saturated heterocycles. The third kappa shape index (κ3) is 3.46. The van der Waals surface area contributed by atoms with Crippen molar-refractivity contribution in [1.82, 2.24) is 9.55 Å². The van der Waals surface area contributed by atoms with E-state index in [-0.39, 0.29) is 11.2 Å². The van der Waals surface area contributed by atoms with Crippen molar-refractivity contribution in [2.75, 3.05) is 5.75 Å². The molecule has 3 aromatic rings. The van der Waals surface area contributed by atoms with Crippen molar-refractivity contribution in [3.63, 3.8) is 0 Å². The van der Waals surface area contributed by atoms with E-state index in [1.54, 1.807) is 23.1 Å². The van der Waals surface area contributed by atoms with Crippen LogP contribution in [0.15, 0.2) is 40.3 Å². The van der Waals surface area contributed by atoms with Crippen LogP contribution in [0.4, 0.5) is 0 Å². The number of aromatic nitrogens is 2. The molecule has 0 N–H and O–H groups in total. The van der Waals surface area contributed by atoms with Crippen LogP contribution < -0.4 is 5.56 Å². The first-order chi connectivity index (χ1) is 13.0. The lowest BCUT2D eigenvalue weighted by Gasteiger charge is -2.32. The van der Waals surface area contributed by atoms with E-state index in [4.69, 9.17) is 9.72 Å². The quantitative estimate of drug-likeness (QED) is 0.453. The second kappa shape index (κ2) is 7.41. The van der Waals surface area contributed by atoms with Crippen LogP contribution >= 0.6 is 23.1 Å². The maximum Gasteiger partial charge on any atom is 0.263 e. The van der Waals surface area contributed by atoms with Gasteiger partial charge in [-0.05, 0) is 30.2 Å². The molecule has 2 aromatic heterocycles. The van der Waals surface area contributed by atoms with E-state index in [0.29, 0.717) is 13.2 Å². The smallest absolute Gasteiger partial charge is 0.263 e. The van der Waals surface area contributed by atoms with Gasteiger partial charge in [-0.15, -0.1) is 11.3 Å². The Morgan fingerprint density at radius 2 is 2.07 bits per heavy atom. The summed E-state index contributed by atoms with van der Waals surface area (Å²) in [5.74, 6) is 0.884. The maximum absolute atomic E-state index is 13.5. The van der Waals surface area contributed by atoms with Gasteiger partial charge >= 0.3 is 0 Å². The van der Waals surface area contributed by atoms with Crippen molar-refractivity contribution in [1.29, 1.82) is 0 Å². The SMILES string of the molecule is CCSc1nc2sc3c(c2c(=O)n1Cc1ccccc1)CC(C)(CC)OC3. The first kappa shape index (κ1) is 18.7.